The summed E-state index contributed by atoms with van der Waals surface area (Å²) in [7, 11) is 0. The molecule has 3 nitrogen and oxygen atoms in total. The second-order valence-corrected chi connectivity index (χ2v) is 6.01. The van der Waals surface area contributed by atoms with E-state index in [2.05, 4.69) is 14.5 Å². The molecule has 1 fully saturated rings. The van der Waals surface area contributed by atoms with Crippen LogP contribution in [0.1, 0.15) is 24.3 Å². The van der Waals surface area contributed by atoms with E-state index in [-0.39, 0.29) is 5.75 Å². The lowest BCUT2D eigenvalue weighted by molar-refractivity contribution is -0.274. The maximum absolute atomic E-state index is 12.2. The number of ether oxygens (including phenoxy) is 1. The molecule has 0 N–H and O–H groups in total. The molecule has 25 heavy (non-hydrogen) atoms. The predicted molar refractivity (Wildman–Crippen MR) is 90.0 cm³/mol. The van der Waals surface area contributed by atoms with E-state index in [9.17, 15) is 13.2 Å². The van der Waals surface area contributed by atoms with Crippen molar-refractivity contribution >= 4 is 11.4 Å². The van der Waals surface area contributed by atoms with Gasteiger partial charge < -0.3 is 9.64 Å². The SMILES string of the molecule is [C-]#[N+]c1cccc(N2CCC(c3ccc(OC(F)(F)F)cc3)CC2)c1. The van der Waals surface area contributed by atoms with Crippen molar-refractivity contribution in [2.75, 3.05) is 18.0 Å². The highest BCUT2D eigenvalue weighted by Gasteiger charge is 2.31. The van der Waals surface area contributed by atoms with Crippen molar-refractivity contribution in [3.8, 4) is 5.75 Å². The van der Waals surface area contributed by atoms with Gasteiger partial charge in [-0.2, -0.15) is 0 Å². The Morgan fingerprint density at radius 3 is 2.32 bits per heavy atom. The van der Waals surface area contributed by atoms with E-state index >= 15 is 0 Å². The fraction of sp³-hybridized carbons (Fsp3) is 0.316. The Hall–Kier alpha value is -2.68. The van der Waals surface area contributed by atoms with E-state index in [1.807, 2.05) is 18.2 Å². The van der Waals surface area contributed by atoms with Crippen LogP contribution >= 0.6 is 0 Å². The van der Waals surface area contributed by atoms with Gasteiger partial charge in [0.2, 0.25) is 0 Å². The Labute approximate surface area is 144 Å². The summed E-state index contributed by atoms with van der Waals surface area (Å²) in [6.45, 7) is 8.80. The van der Waals surface area contributed by atoms with Crippen molar-refractivity contribution in [1.29, 1.82) is 0 Å². The zero-order chi connectivity index (χ0) is 17.9. The monoisotopic (exact) mass is 346 g/mol. The number of alkyl halides is 3. The number of nitrogens with zero attached hydrogens (tertiary/aromatic N) is 2. The lowest BCUT2D eigenvalue weighted by Crippen LogP contribution is -2.32. The average Bonchev–Trinajstić information content (AvgIpc) is 2.61. The zero-order valence-corrected chi connectivity index (χ0v) is 13.5. The smallest absolute Gasteiger partial charge is 0.406 e. The Kier molecular flexibility index (Phi) is 4.84. The summed E-state index contributed by atoms with van der Waals surface area (Å²) in [6.07, 6.45) is -2.82. The van der Waals surface area contributed by atoms with Gasteiger partial charge in [0.15, 0.2) is 5.69 Å². The summed E-state index contributed by atoms with van der Waals surface area (Å²) in [5.41, 5.74) is 2.70. The topological polar surface area (TPSA) is 16.8 Å². The molecule has 2 aromatic carbocycles. The lowest BCUT2D eigenvalue weighted by Gasteiger charge is -2.34. The summed E-state index contributed by atoms with van der Waals surface area (Å²) in [5.74, 6) is 0.130. The van der Waals surface area contributed by atoms with Gasteiger partial charge in [0, 0.05) is 18.8 Å². The van der Waals surface area contributed by atoms with Crippen LogP contribution in [-0.2, 0) is 0 Å². The Bertz CT molecular complexity index is 757. The van der Waals surface area contributed by atoms with E-state index < -0.39 is 6.36 Å². The number of benzene rings is 2. The van der Waals surface area contributed by atoms with Gasteiger partial charge in [-0.1, -0.05) is 24.3 Å². The number of rotatable bonds is 3. The largest absolute Gasteiger partial charge is 0.573 e. The quantitative estimate of drug-likeness (QED) is 0.681. The molecule has 0 saturated carbocycles. The van der Waals surface area contributed by atoms with E-state index in [0.29, 0.717) is 11.6 Å². The minimum Gasteiger partial charge on any atom is -0.406 e. The van der Waals surface area contributed by atoms with E-state index in [0.717, 1.165) is 37.2 Å². The molecule has 1 saturated heterocycles. The summed E-state index contributed by atoms with van der Waals surface area (Å²) in [5, 5.41) is 0. The van der Waals surface area contributed by atoms with Crippen molar-refractivity contribution < 1.29 is 17.9 Å². The van der Waals surface area contributed by atoms with Crippen LogP contribution in [-0.4, -0.2) is 19.5 Å². The van der Waals surface area contributed by atoms with Crippen LogP contribution in [0.25, 0.3) is 4.85 Å². The number of anilines is 1. The van der Waals surface area contributed by atoms with Crippen LogP contribution in [0.5, 0.6) is 5.75 Å². The Morgan fingerprint density at radius 2 is 1.72 bits per heavy atom. The molecule has 0 bridgehead atoms. The number of halogens is 3. The molecule has 0 aliphatic carbocycles. The summed E-state index contributed by atoms with van der Waals surface area (Å²) in [4.78, 5) is 5.70. The van der Waals surface area contributed by atoms with Crippen molar-refractivity contribution in [2.24, 2.45) is 0 Å². The fourth-order valence-electron chi connectivity index (χ4n) is 3.17. The van der Waals surface area contributed by atoms with Crippen molar-refractivity contribution in [2.45, 2.75) is 25.1 Å². The summed E-state index contributed by atoms with van der Waals surface area (Å²) in [6, 6.07) is 13.7. The predicted octanol–water partition coefficient (Wildman–Crippen LogP) is 5.52. The van der Waals surface area contributed by atoms with Crippen LogP contribution in [0.4, 0.5) is 24.5 Å². The molecule has 1 aliphatic rings. The molecule has 1 heterocycles. The maximum Gasteiger partial charge on any atom is 0.573 e. The van der Waals surface area contributed by atoms with Crippen molar-refractivity contribution in [3.05, 3.63) is 65.5 Å². The molecule has 0 spiro atoms. The summed E-state index contributed by atoms with van der Waals surface area (Å²) >= 11 is 0. The average molecular weight is 346 g/mol. The van der Waals surface area contributed by atoms with Gasteiger partial charge in [-0.3, -0.25) is 0 Å². The molecular weight excluding hydrogens is 329 g/mol. The highest BCUT2D eigenvalue weighted by molar-refractivity contribution is 5.58. The third-order valence-corrected chi connectivity index (χ3v) is 4.40. The Balaban J connectivity index is 1.61. The molecule has 0 unspecified atom stereocenters. The second-order valence-electron chi connectivity index (χ2n) is 6.01. The lowest BCUT2D eigenvalue weighted by atomic mass is 9.89. The summed E-state index contributed by atoms with van der Waals surface area (Å²) < 4.78 is 40.5. The molecule has 130 valence electrons. The molecule has 0 atom stereocenters. The third-order valence-electron chi connectivity index (χ3n) is 4.40. The minimum atomic E-state index is -4.66. The van der Waals surface area contributed by atoms with Gasteiger partial charge in [-0.25, -0.2) is 4.85 Å². The van der Waals surface area contributed by atoms with Crippen molar-refractivity contribution in [1.82, 2.24) is 0 Å². The fourth-order valence-corrected chi connectivity index (χ4v) is 3.17. The number of piperidine rings is 1. The maximum atomic E-state index is 12.2. The van der Waals surface area contributed by atoms with Gasteiger partial charge in [-0.05, 0) is 48.6 Å². The first-order valence-electron chi connectivity index (χ1n) is 8.03. The van der Waals surface area contributed by atoms with Gasteiger partial charge in [0.05, 0.1) is 6.57 Å². The first-order valence-corrected chi connectivity index (χ1v) is 8.03. The van der Waals surface area contributed by atoms with Crippen LogP contribution in [0, 0.1) is 6.57 Å². The van der Waals surface area contributed by atoms with Crippen LogP contribution in [0.15, 0.2) is 48.5 Å². The van der Waals surface area contributed by atoms with Gasteiger partial charge >= 0.3 is 6.36 Å². The molecule has 3 rings (SSSR count). The highest BCUT2D eigenvalue weighted by Crippen LogP contribution is 2.33. The van der Waals surface area contributed by atoms with E-state index in [1.165, 1.54) is 12.1 Å². The molecule has 0 aromatic heterocycles. The van der Waals surface area contributed by atoms with Crippen LogP contribution in [0.2, 0.25) is 0 Å². The van der Waals surface area contributed by atoms with Gasteiger partial charge in [0.25, 0.3) is 0 Å². The minimum absolute atomic E-state index is 0.190. The molecule has 1 aliphatic heterocycles. The van der Waals surface area contributed by atoms with Crippen LogP contribution < -0.4 is 9.64 Å². The standard InChI is InChI=1S/C19H17F3N2O/c1-23-16-3-2-4-17(13-16)24-11-9-15(10-12-24)14-5-7-18(8-6-14)25-19(20,21)22/h2-8,13,15H,9-12H2. The second kappa shape index (κ2) is 7.06. The van der Waals surface area contributed by atoms with Gasteiger partial charge in [-0.15, -0.1) is 13.2 Å². The molecule has 0 amide bonds. The first kappa shape index (κ1) is 17.2. The zero-order valence-electron chi connectivity index (χ0n) is 13.5. The normalized spacial score (nSPS) is 15.7. The number of hydrogen-bond donors (Lipinski definition) is 0. The highest BCUT2D eigenvalue weighted by atomic mass is 19.4. The first-order chi connectivity index (χ1) is 11.9. The van der Waals surface area contributed by atoms with E-state index in [1.54, 1.807) is 18.2 Å². The van der Waals surface area contributed by atoms with Crippen LogP contribution in [0.3, 0.4) is 0 Å². The Morgan fingerprint density at radius 1 is 1.04 bits per heavy atom. The van der Waals surface area contributed by atoms with E-state index in [4.69, 9.17) is 6.57 Å². The third kappa shape index (κ3) is 4.44. The molecular formula is C19H17F3N2O. The molecule has 6 heteroatoms. The molecule has 2 aromatic rings. The van der Waals surface area contributed by atoms with Gasteiger partial charge in [0.1, 0.15) is 5.75 Å². The number of hydrogen-bond acceptors (Lipinski definition) is 2. The van der Waals surface area contributed by atoms with Crippen molar-refractivity contribution in [3.63, 3.8) is 0 Å². The molecule has 0 radical (unpaired) electrons.